The number of likely N-dealkylation sites (tertiary alicyclic amines) is 1. The summed E-state index contributed by atoms with van der Waals surface area (Å²) in [7, 11) is 1.71. The van der Waals surface area contributed by atoms with Crippen LogP contribution in [0.15, 0.2) is 54.5 Å². The van der Waals surface area contributed by atoms with Gasteiger partial charge in [-0.05, 0) is 85.5 Å². The lowest BCUT2D eigenvalue weighted by Crippen LogP contribution is -2.46. The molecule has 1 spiro atoms. The van der Waals surface area contributed by atoms with Crippen molar-refractivity contribution in [3.63, 3.8) is 0 Å². The molecule has 6 heteroatoms. The van der Waals surface area contributed by atoms with Crippen molar-refractivity contribution in [2.24, 2.45) is 5.41 Å². The lowest BCUT2D eigenvalue weighted by atomic mass is 9.59. The van der Waals surface area contributed by atoms with E-state index in [-0.39, 0.29) is 17.0 Å². The fourth-order valence-electron chi connectivity index (χ4n) is 5.84. The molecule has 0 radical (unpaired) electrons. The van der Waals surface area contributed by atoms with Gasteiger partial charge < -0.3 is 14.8 Å². The number of carbonyl (C=O) groups is 1. The zero-order valence-corrected chi connectivity index (χ0v) is 19.0. The Labute approximate surface area is 192 Å². The highest BCUT2D eigenvalue weighted by molar-refractivity contribution is 5.88. The van der Waals surface area contributed by atoms with Gasteiger partial charge in [0.25, 0.3) is 0 Å². The molecule has 0 bridgehead atoms. The van der Waals surface area contributed by atoms with E-state index in [0.29, 0.717) is 0 Å². The van der Waals surface area contributed by atoms with Crippen LogP contribution in [-0.4, -0.2) is 34.6 Å². The number of aromatic carboxylic acids is 1. The van der Waals surface area contributed by atoms with E-state index >= 15 is 0 Å². The summed E-state index contributed by atoms with van der Waals surface area (Å²) in [5.41, 5.74) is 5.85. The zero-order valence-electron chi connectivity index (χ0n) is 19.0. The Morgan fingerprint density at radius 2 is 2.06 bits per heavy atom. The number of nitrogens with one attached hydrogen (secondary N) is 1. The molecule has 1 aliphatic carbocycles. The quantitative estimate of drug-likeness (QED) is 0.491. The first-order valence-electron chi connectivity index (χ1n) is 11.4. The number of allylic oxidation sites excluding steroid dienone is 1. The highest BCUT2D eigenvalue weighted by Gasteiger charge is 2.46. The summed E-state index contributed by atoms with van der Waals surface area (Å²) in [6.07, 6.45) is 6.33. The van der Waals surface area contributed by atoms with E-state index in [0.717, 1.165) is 78.6 Å². The summed E-state index contributed by atoms with van der Waals surface area (Å²) in [5.74, 6) is -0.0411. The topological polar surface area (TPSA) is 65.6 Å². The van der Waals surface area contributed by atoms with Gasteiger partial charge in [-0.2, -0.15) is 0 Å². The van der Waals surface area contributed by atoms with Crippen molar-refractivity contribution in [1.82, 2.24) is 9.88 Å². The van der Waals surface area contributed by atoms with Gasteiger partial charge in [-0.25, -0.2) is 9.18 Å². The minimum Gasteiger partial charge on any atom is -0.496 e. The van der Waals surface area contributed by atoms with Crippen molar-refractivity contribution in [3.8, 4) is 5.75 Å². The number of rotatable bonds is 5. The molecular weight excluding hydrogens is 419 g/mol. The largest absolute Gasteiger partial charge is 0.496 e. The standard InChI is InChI=1S/C27H29FN2O3/c1-17-11-24(33-2)22(21-7-9-29-25(17)21)16-30-10-8-27(12-18(13-27)15-28)14-23(30)19-3-5-20(6-4-19)26(31)32/h3-7,9,11,15,23,29H,8,10,12-14,16H2,1-2H3,(H,31,32)/t23-,27?/m0/s1. The average Bonchev–Trinajstić information content (AvgIpc) is 3.30. The Kier molecular flexibility index (Phi) is 5.49. The van der Waals surface area contributed by atoms with Crippen LogP contribution in [0.2, 0.25) is 0 Å². The summed E-state index contributed by atoms with van der Waals surface area (Å²) in [5, 5.41) is 10.5. The van der Waals surface area contributed by atoms with Crippen LogP contribution in [0.3, 0.4) is 0 Å². The van der Waals surface area contributed by atoms with Crippen molar-refractivity contribution in [3.05, 3.63) is 76.8 Å². The molecule has 3 aromatic rings. The van der Waals surface area contributed by atoms with Gasteiger partial charge in [0, 0.05) is 35.2 Å². The van der Waals surface area contributed by atoms with Crippen LogP contribution in [0.5, 0.6) is 5.75 Å². The monoisotopic (exact) mass is 448 g/mol. The Morgan fingerprint density at radius 3 is 2.73 bits per heavy atom. The number of hydrogen-bond acceptors (Lipinski definition) is 3. The first-order chi connectivity index (χ1) is 15.9. The summed E-state index contributed by atoms with van der Waals surface area (Å²) in [6, 6.07) is 11.5. The second-order valence-corrected chi connectivity index (χ2v) is 9.63. The molecule has 0 amide bonds. The maximum absolute atomic E-state index is 13.1. The van der Waals surface area contributed by atoms with Gasteiger partial charge in [0.1, 0.15) is 5.75 Å². The second-order valence-electron chi connectivity index (χ2n) is 9.63. The number of aromatic amines is 1. The lowest BCUT2D eigenvalue weighted by Gasteiger charge is -2.52. The predicted octanol–water partition coefficient (Wildman–Crippen LogP) is 6.15. The molecule has 2 heterocycles. The molecule has 2 N–H and O–H groups in total. The van der Waals surface area contributed by atoms with Crippen molar-refractivity contribution in [1.29, 1.82) is 0 Å². The Balaban J connectivity index is 1.50. The summed E-state index contributed by atoms with van der Waals surface area (Å²) < 4.78 is 18.8. The minimum atomic E-state index is -0.922. The number of fused-ring (bicyclic) bond motifs is 1. The van der Waals surface area contributed by atoms with Gasteiger partial charge in [-0.15, -0.1) is 0 Å². The number of nitrogens with zero attached hydrogens (tertiary/aromatic N) is 1. The van der Waals surface area contributed by atoms with Crippen LogP contribution >= 0.6 is 0 Å². The molecule has 1 aliphatic heterocycles. The van der Waals surface area contributed by atoms with E-state index in [2.05, 4.69) is 28.9 Å². The van der Waals surface area contributed by atoms with E-state index in [1.807, 2.05) is 18.3 Å². The fraction of sp³-hybridized carbons (Fsp3) is 0.370. The molecule has 1 aromatic heterocycles. The van der Waals surface area contributed by atoms with Crippen LogP contribution in [0.4, 0.5) is 4.39 Å². The molecular formula is C27H29FN2O3. The van der Waals surface area contributed by atoms with Gasteiger partial charge >= 0.3 is 5.97 Å². The van der Waals surface area contributed by atoms with Gasteiger partial charge in [0.05, 0.1) is 19.0 Å². The number of H-pyrrole nitrogens is 1. The van der Waals surface area contributed by atoms with Crippen LogP contribution in [0.25, 0.3) is 10.9 Å². The Morgan fingerprint density at radius 1 is 1.30 bits per heavy atom. The molecule has 1 atom stereocenters. The SMILES string of the molecule is COc1cc(C)c2[nH]ccc2c1CN1CCC2(CC(=CF)C2)C[C@H]1c1ccc(C(=O)O)cc1. The number of carboxylic acid groups (broad SMARTS) is 1. The number of hydrogen-bond donors (Lipinski definition) is 2. The number of piperidine rings is 1. The van der Waals surface area contributed by atoms with Crippen LogP contribution in [-0.2, 0) is 6.54 Å². The number of halogens is 1. The number of aryl methyl sites for hydroxylation is 1. The summed E-state index contributed by atoms with van der Waals surface area (Å²) in [4.78, 5) is 17.2. The third kappa shape index (κ3) is 3.82. The number of benzene rings is 2. The molecule has 172 valence electrons. The van der Waals surface area contributed by atoms with Gasteiger partial charge in [-0.3, -0.25) is 4.90 Å². The first kappa shape index (κ1) is 21.7. The molecule has 1 saturated carbocycles. The molecule has 0 unspecified atom stereocenters. The predicted molar refractivity (Wildman–Crippen MR) is 126 cm³/mol. The molecule has 5 nitrogen and oxygen atoms in total. The van der Waals surface area contributed by atoms with Crippen LogP contribution in [0, 0.1) is 12.3 Å². The van der Waals surface area contributed by atoms with Crippen LogP contribution < -0.4 is 4.74 Å². The maximum Gasteiger partial charge on any atom is 0.335 e. The van der Waals surface area contributed by atoms with Crippen molar-refractivity contribution >= 4 is 16.9 Å². The number of carboxylic acids is 1. The summed E-state index contributed by atoms with van der Waals surface area (Å²) in [6.45, 7) is 3.70. The highest BCUT2D eigenvalue weighted by atomic mass is 19.1. The van der Waals surface area contributed by atoms with E-state index < -0.39 is 5.97 Å². The summed E-state index contributed by atoms with van der Waals surface area (Å²) >= 11 is 0. The number of methoxy groups -OCH3 is 1. The lowest BCUT2D eigenvalue weighted by molar-refractivity contribution is 0.0163. The molecule has 33 heavy (non-hydrogen) atoms. The van der Waals surface area contributed by atoms with Crippen molar-refractivity contribution < 1.29 is 19.0 Å². The molecule has 5 rings (SSSR count). The van der Waals surface area contributed by atoms with E-state index in [1.54, 1.807) is 19.2 Å². The number of aromatic nitrogens is 1. The fourth-order valence-corrected chi connectivity index (χ4v) is 5.84. The third-order valence-electron chi connectivity index (χ3n) is 7.59. The highest BCUT2D eigenvalue weighted by Crippen LogP contribution is 2.56. The van der Waals surface area contributed by atoms with Gasteiger partial charge in [0.15, 0.2) is 0 Å². The van der Waals surface area contributed by atoms with Gasteiger partial charge in [0.2, 0.25) is 0 Å². The third-order valence-corrected chi connectivity index (χ3v) is 7.59. The minimum absolute atomic E-state index is 0.128. The Bertz CT molecular complexity index is 1220. The van der Waals surface area contributed by atoms with E-state index in [9.17, 15) is 14.3 Å². The van der Waals surface area contributed by atoms with E-state index in [4.69, 9.17) is 4.74 Å². The van der Waals surface area contributed by atoms with Crippen molar-refractivity contribution in [2.75, 3.05) is 13.7 Å². The maximum atomic E-state index is 13.1. The molecule has 2 fully saturated rings. The Hall–Kier alpha value is -3.12. The molecule has 2 aliphatic rings. The van der Waals surface area contributed by atoms with E-state index in [1.165, 1.54) is 5.39 Å². The smallest absolute Gasteiger partial charge is 0.335 e. The molecule has 2 aromatic carbocycles. The molecule has 1 saturated heterocycles. The number of ether oxygens (including phenoxy) is 1. The first-order valence-corrected chi connectivity index (χ1v) is 11.4. The average molecular weight is 449 g/mol. The van der Waals surface area contributed by atoms with Gasteiger partial charge in [-0.1, -0.05) is 12.1 Å². The second kappa shape index (κ2) is 8.34. The normalized spacial score (nSPS) is 23.0. The zero-order chi connectivity index (χ0) is 23.2. The van der Waals surface area contributed by atoms with Crippen molar-refractivity contribution in [2.45, 2.75) is 45.2 Å². The van der Waals surface area contributed by atoms with Crippen LogP contribution in [0.1, 0.15) is 58.8 Å².